The van der Waals surface area contributed by atoms with Crippen molar-refractivity contribution < 1.29 is 0 Å². The Balaban J connectivity index is 1.25. The third-order valence-corrected chi connectivity index (χ3v) is 11.8. The van der Waals surface area contributed by atoms with Gasteiger partial charge in [0, 0.05) is 33.3 Å². The maximum atomic E-state index is 9.76. The Morgan fingerprint density at radius 1 is 0.417 bits per heavy atom. The van der Waals surface area contributed by atoms with Crippen LogP contribution in [0, 0.1) is 31.8 Å². The van der Waals surface area contributed by atoms with E-state index in [1.807, 2.05) is 36.4 Å². The molecule has 282 valence electrons. The van der Waals surface area contributed by atoms with E-state index in [2.05, 4.69) is 192 Å². The van der Waals surface area contributed by atoms with Crippen molar-refractivity contribution in [1.29, 1.82) is 5.26 Å². The summed E-state index contributed by atoms with van der Waals surface area (Å²) in [6.07, 6.45) is 0. The molecule has 0 saturated carbocycles. The van der Waals surface area contributed by atoms with Crippen molar-refractivity contribution in [2.75, 3.05) is 9.80 Å². The third kappa shape index (κ3) is 6.07. The predicted molar refractivity (Wildman–Crippen MR) is 251 cm³/mol. The Morgan fingerprint density at radius 3 is 1.25 bits per heavy atom. The van der Waals surface area contributed by atoms with E-state index < -0.39 is 0 Å². The standard InChI is InChI=1S/C56H38N4/c1-37-12-4-6-14-45(37)47-16-8-10-18-51(47)59(43-28-20-39(36-57)21-29-43)53-34-24-40-23-33-50-54(35-25-41-22-32-49(53)55(40)56(41)50)60(44-30-26-42(58-3)27-31-44)52-19-11-9-17-48(52)46-15-7-5-13-38(46)2/h4-35H,1-2H3. The molecule has 0 atom stereocenters. The Hall–Kier alpha value is -8.18. The van der Waals surface area contributed by atoms with Gasteiger partial charge in [-0.3, -0.25) is 0 Å². The minimum absolute atomic E-state index is 0.601. The van der Waals surface area contributed by atoms with E-state index in [4.69, 9.17) is 6.57 Å². The highest BCUT2D eigenvalue weighted by atomic mass is 15.2. The normalized spacial score (nSPS) is 11.1. The summed E-state index contributed by atoms with van der Waals surface area (Å²) >= 11 is 0. The van der Waals surface area contributed by atoms with E-state index in [0.717, 1.165) is 66.8 Å². The van der Waals surface area contributed by atoms with Gasteiger partial charge >= 0.3 is 0 Å². The number of aryl methyl sites for hydroxylation is 2. The summed E-state index contributed by atoms with van der Waals surface area (Å²) in [5.74, 6) is 0. The lowest BCUT2D eigenvalue weighted by atomic mass is 9.91. The van der Waals surface area contributed by atoms with E-state index in [0.29, 0.717) is 11.3 Å². The van der Waals surface area contributed by atoms with Gasteiger partial charge in [0.25, 0.3) is 0 Å². The summed E-state index contributed by atoms with van der Waals surface area (Å²) in [6.45, 7) is 12.0. The molecule has 0 bridgehead atoms. The number of benzene rings is 10. The second kappa shape index (κ2) is 15.0. The first kappa shape index (κ1) is 36.2. The van der Waals surface area contributed by atoms with E-state index in [1.165, 1.54) is 33.0 Å². The fraction of sp³-hybridized carbons (Fsp3) is 0.0357. The largest absolute Gasteiger partial charge is 0.309 e. The van der Waals surface area contributed by atoms with Gasteiger partial charge in [0.1, 0.15) is 0 Å². The lowest BCUT2D eigenvalue weighted by molar-refractivity contribution is 1.29. The molecule has 0 unspecified atom stereocenters. The second-order valence-corrected chi connectivity index (χ2v) is 15.2. The van der Waals surface area contributed by atoms with E-state index in [1.54, 1.807) is 0 Å². The van der Waals surface area contributed by atoms with Crippen LogP contribution in [0.4, 0.5) is 39.8 Å². The minimum Gasteiger partial charge on any atom is -0.309 e. The molecule has 0 aliphatic carbocycles. The molecular weight excluding hydrogens is 729 g/mol. The average Bonchev–Trinajstić information content (AvgIpc) is 3.30. The molecule has 10 rings (SSSR count). The summed E-state index contributed by atoms with van der Waals surface area (Å²) in [5, 5.41) is 16.7. The van der Waals surface area contributed by atoms with Gasteiger partial charge in [0.15, 0.2) is 5.69 Å². The molecule has 10 aromatic carbocycles. The molecule has 4 heteroatoms. The topological polar surface area (TPSA) is 34.6 Å². The zero-order chi connectivity index (χ0) is 40.7. The first-order chi connectivity index (χ1) is 29.5. The average molecular weight is 767 g/mol. The Kier molecular flexibility index (Phi) is 9.02. The number of rotatable bonds is 8. The number of anilines is 6. The SMILES string of the molecule is [C-]#[N+]c1ccc(N(c2ccccc2-c2ccccc2C)c2ccc3ccc4c(N(c5ccc(C#N)cc5)c5ccccc5-c5ccccc5C)ccc5ccc2c3c54)cc1. The Bertz CT molecular complexity index is 3090. The van der Waals surface area contributed by atoms with Gasteiger partial charge in [-0.1, -0.05) is 133 Å². The zero-order valence-electron chi connectivity index (χ0n) is 33.3. The molecule has 0 N–H and O–H groups in total. The van der Waals surface area contributed by atoms with Crippen molar-refractivity contribution in [1.82, 2.24) is 0 Å². The summed E-state index contributed by atoms with van der Waals surface area (Å²) in [6, 6.07) is 70.4. The van der Waals surface area contributed by atoms with Crippen LogP contribution in [0.15, 0.2) is 194 Å². The van der Waals surface area contributed by atoms with Crippen LogP contribution in [-0.2, 0) is 0 Å². The van der Waals surface area contributed by atoms with Crippen LogP contribution < -0.4 is 9.80 Å². The van der Waals surface area contributed by atoms with Gasteiger partial charge in [-0.2, -0.15) is 5.26 Å². The van der Waals surface area contributed by atoms with Crippen LogP contribution >= 0.6 is 0 Å². The van der Waals surface area contributed by atoms with Crippen molar-refractivity contribution in [2.45, 2.75) is 13.8 Å². The molecule has 0 aliphatic rings. The lowest BCUT2D eigenvalue weighted by Gasteiger charge is -2.31. The van der Waals surface area contributed by atoms with Gasteiger partial charge in [0.2, 0.25) is 0 Å². The molecular formula is C56H38N4. The first-order valence-corrected chi connectivity index (χ1v) is 20.1. The fourth-order valence-electron chi connectivity index (χ4n) is 8.88. The van der Waals surface area contributed by atoms with Gasteiger partial charge < -0.3 is 9.80 Å². The van der Waals surface area contributed by atoms with Crippen LogP contribution in [0.1, 0.15) is 16.7 Å². The zero-order valence-corrected chi connectivity index (χ0v) is 33.3. The molecule has 0 fully saturated rings. The lowest BCUT2D eigenvalue weighted by Crippen LogP contribution is -2.13. The van der Waals surface area contributed by atoms with Crippen LogP contribution in [0.3, 0.4) is 0 Å². The monoisotopic (exact) mass is 766 g/mol. The quantitative estimate of drug-likeness (QED) is 0.114. The summed E-state index contributed by atoms with van der Waals surface area (Å²) in [5.41, 5.74) is 14.4. The van der Waals surface area contributed by atoms with E-state index in [-0.39, 0.29) is 0 Å². The van der Waals surface area contributed by atoms with Crippen molar-refractivity contribution >= 4 is 72.1 Å². The van der Waals surface area contributed by atoms with Crippen LogP contribution in [-0.4, -0.2) is 0 Å². The van der Waals surface area contributed by atoms with E-state index in [9.17, 15) is 5.26 Å². The Labute approximate surface area is 350 Å². The summed E-state index contributed by atoms with van der Waals surface area (Å²) in [7, 11) is 0. The van der Waals surface area contributed by atoms with Gasteiger partial charge in [-0.15, -0.1) is 0 Å². The Morgan fingerprint density at radius 2 is 0.817 bits per heavy atom. The van der Waals surface area contributed by atoms with Crippen LogP contribution in [0.25, 0.3) is 59.4 Å². The predicted octanol–water partition coefficient (Wildman–Crippen LogP) is 15.9. The number of nitrogens with zero attached hydrogens (tertiary/aromatic N) is 4. The molecule has 0 radical (unpaired) electrons. The summed E-state index contributed by atoms with van der Waals surface area (Å²) in [4.78, 5) is 8.41. The van der Waals surface area contributed by atoms with Gasteiger partial charge in [0.05, 0.1) is 41.0 Å². The number of hydrogen-bond acceptors (Lipinski definition) is 3. The third-order valence-electron chi connectivity index (χ3n) is 11.8. The van der Waals surface area contributed by atoms with Gasteiger partial charge in [-0.25, -0.2) is 4.85 Å². The second-order valence-electron chi connectivity index (χ2n) is 15.2. The highest BCUT2D eigenvalue weighted by molar-refractivity contribution is 6.28. The molecule has 10 aromatic rings. The molecule has 0 aliphatic heterocycles. The number of nitriles is 1. The van der Waals surface area contributed by atoms with Crippen LogP contribution in [0.5, 0.6) is 0 Å². The first-order valence-electron chi connectivity index (χ1n) is 20.1. The molecule has 0 spiro atoms. The van der Waals surface area contributed by atoms with Crippen molar-refractivity contribution in [3.05, 3.63) is 222 Å². The highest BCUT2D eigenvalue weighted by Gasteiger charge is 2.24. The molecule has 0 saturated heterocycles. The van der Waals surface area contributed by atoms with Crippen LogP contribution in [0.2, 0.25) is 0 Å². The maximum absolute atomic E-state index is 9.76. The molecule has 60 heavy (non-hydrogen) atoms. The number of para-hydroxylation sites is 2. The fourth-order valence-corrected chi connectivity index (χ4v) is 8.88. The number of hydrogen-bond donors (Lipinski definition) is 0. The van der Waals surface area contributed by atoms with Crippen molar-refractivity contribution in [3.63, 3.8) is 0 Å². The van der Waals surface area contributed by atoms with E-state index >= 15 is 0 Å². The molecule has 4 nitrogen and oxygen atoms in total. The summed E-state index contributed by atoms with van der Waals surface area (Å²) < 4.78 is 0. The molecule has 0 aromatic heterocycles. The van der Waals surface area contributed by atoms with Gasteiger partial charge in [-0.05, 0) is 118 Å². The van der Waals surface area contributed by atoms with Crippen molar-refractivity contribution in [2.24, 2.45) is 0 Å². The van der Waals surface area contributed by atoms with Crippen molar-refractivity contribution in [3.8, 4) is 28.3 Å². The maximum Gasteiger partial charge on any atom is 0.187 e. The minimum atomic E-state index is 0.601. The highest BCUT2D eigenvalue weighted by Crippen LogP contribution is 2.50. The smallest absolute Gasteiger partial charge is 0.187 e. The molecule has 0 amide bonds. The molecule has 0 heterocycles.